The van der Waals surface area contributed by atoms with Crippen LogP contribution in [0.1, 0.15) is 27.0 Å². The van der Waals surface area contributed by atoms with Gasteiger partial charge in [-0.05, 0) is 58.7 Å². The summed E-state index contributed by atoms with van der Waals surface area (Å²) in [5, 5.41) is 0.628. The molecule has 1 aliphatic heterocycles. The van der Waals surface area contributed by atoms with Crippen LogP contribution in [-0.2, 0) is 17.6 Å². The minimum absolute atomic E-state index is 0.0319. The second-order valence-electron chi connectivity index (χ2n) is 9.59. The van der Waals surface area contributed by atoms with E-state index in [9.17, 15) is 9.59 Å². The van der Waals surface area contributed by atoms with E-state index in [1.54, 1.807) is 41.4 Å². The summed E-state index contributed by atoms with van der Waals surface area (Å²) in [5.74, 6) is 0.632. The first-order chi connectivity index (χ1) is 19.0. The number of likely N-dealkylation sites (N-methyl/N-ethyl adjacent to an activating group) is 1. The zero-order chi connectivity index (χ0) is 27.2. The van der Waals surface area contributed by atoms with Crippen molar-refractivity contribution in [3.05, 3.63) is 113 Å². The Bertz CT molecular complexity index is 1460. The van der Waals surface area contributed by atoms with Crippen molar-refractivity contribution < 1.29 is 14.3 Å². The largest absolute Gasteiger partial charge is 0.491 e. The summed E-state index contributed by atoms with van der Waals surface area (Å²) in [5.41, 5.74) is 5.37. The number of benzene rings is 3. The zero-order valence-electron chi connectivity index (χ0n) is 21.7. The maximum Gasteiger partial charge on any atom is 0.253 e. The van der Waals surface area contributed by atoms with E-state index < -0.39 is 0 Å². The number of aromatic nitrogens is 2. The molecule has 2 bridgehead atoms. The first kappa shape index (κ1) is 26.4. The van der Waals surface area contributed by atoms with Crippen molar-refractivity contribution in [2.75, 3.05) is 33.3 Å². The molecule has 1 aromatic heterocycles. The summed E-state index contributed by atoms with van der Waals surface area (Å²) >= 11 is 6.01. The van der Waals surface area contributed by atoms with E-state index in [4.69, 9.17) is 16.3 Å². The van der Waals surface area contributed by atoms with E-state index in [0.717, 1.165) is 33.6 Å². The van der Waals surface area contributed by atoms with Gasteiger partial charge in [0.15, 0.2) is 0 Å². The van der Waals surface area contributed by atoms with Crippen molar-refractivity contribution in [1.82, 2.24) is 19.8 Å². The number of halogens is 1. The highest BCUT2D eigenvalue weighted by atomic mass is 35.5. The van der Waals surface area contributed by atoms with Crippen molar-refractivity contribution >= 4 is 23.4 Å². The molecule has 3 aromatic carbocycles. The van der Waals surface area contributed by atoms with Crippen LogP contribution >= 0.6 is 11.6 Å². The Morgan fingerprint density at radius 3 is 2.51 bits per heavy atom. The van der Waals surface area contributed by atoms with Gasteiger partial charge in [0.2, 0.25) is 5.91 Å². The smallest absolute Gasteiger partial charge is 0.253 e. The van der Waals surface area contributed by atoms with Gasteiger partial charge in [-0.3, -0.25) is 9.59 Å². The van der Waals surface area contributed by atoms with Crippen LogP contribution in [0.4, 0.5) is 0 Å². The van der Waals surface area contributed by atoms with Crippen molar-refractivity contribution in [1.29, 1.82) is 0 Å². The second kappa shape index (κ2) is 12.1. The molecule has 0 spiro atoms. The third-order valence-corrected chi connectivity index (χ3v) is 7.07. The van der Waals surface area contributed by atoms with E-state index in [1.165, 1.54) is 6.33 Å². The topological polar surface area (TPSA) is 75.6 Å². The third kappa shape index (κ3) is 6.62. The molecule has 8 heteroatoms. The Morgan fingerprint density at radius 2 is 1.72 bits per heavy atom. The van der Waals surface area contributed by atoms with E-state index >= 15 is 0 Å². The first-order valence-electron chi connectivity index (χ1n) is 12.8. The molecule has 0 unspecified atom stereocenters. The predicted octanol–water partition coefficient (Wildman–Crippen LogP) is 4.92. The number of carbonyl (C=O) groups excluding carboxylic acids is 2. The van der Waals surface area contributed by atoms with Gasteiger partial charge in [-0.2, -0.15) is 0 Å². The number of nitrogens with zero attached hydrogens (tertiary/aromatic N) is 4. The lowest BCUT2D eigenvalue weighted by molar-refractivity contribution is -0.131. The number of ether oxygens (including phenoxy) is 1. The maximum absolute atomic E-state index is 13.3. The summed E-state index contributed by atoms with van der Waals surface area (Å²) in [6, 6.07) is 21.0. The highest BCUT2D eigenvalue weighted by Gasteiger charge is 2.19. The third-order valence-electron chi connectivity index (χ3n) is 6.82. The number of hydrogen-bond donors (Lipinski definition) is 0. The molecule has 39 heavy (non-hydrogen) atoms. The van der Waals surface area contributed by atoms with Crippen molar-refractivity contribution in [3.63, 3.8) is 0 Å². The fourth-order valence-corrected chi connectivity index (χ4v) is 4.75. The van der Waals surface area contributed by atoms with Crippen LogP contribution in [0.25, 0.3) is 11.1 Å². The van der Waals surface area contributed by atoms with Crippen LogP contribution in [0.3, 0.4) is 0 Å². The molecule has 0 saturated heterocycles. The van der Waals surface area contributed by atoms with E-state index in [0.29, 0.717) is 43.2 Å². The highest BCUT2D eigenvalue weighted by Crippen LogP contribution is 2.29. The predicted molar refractivity (Wildman–Crippen MR) is 151 cm³/mol. The van der Waals surface area contributed by atoms with Gasteiger partial charge in [-0.15, -0.1) is 0 Å². The fourth-order valence-electron chi connectivity index (χ4n) is 4.63. The molecule has 0 radical (unpaired) electrons. The Labute approximate surface area is 233 Å². The normalized spacial score (nSPS) is 14.3. The number of hydrogen-bond acceptors (Lipinski definition) is 5. The van der Waals surface area contributed by atoms with Gasteiger partial charge in [0.25, 0.3) is 5.91 Å². The molecule has 0 N–H and O–H groups in total. The van der Waals surface area contributed by atoms with Crippen LogP contribution in [0.5, 0.6) is 5.75 Å². The quantitative estimate of drug-likeness (QED) is 0.368. The summed E-state index contributed by atoms with van der Waals surface area (Å²) in [6.45, 7) is 1.53. The number of amides is 2. The molecule has 0 saturated carbocycles. The molecule has 7 nitrogen and oxygen atoms in total. The van der Waals surface area contributed by atoms with Gasteiger partial charge in [0.05, 0.1) is 13.0 Å². The molecule has 5 rings (SSSR count). The first-order valence-corrected chi connectivity index (χ1v) is 13.2. The average molecular weight is 541 g/mol. The second-order valence-corrected chi connectivity index (χ2v) is 10.0. The van der Waals surface area contributed by atoms with Crippen LogP contribution in [0.15, 0.2) is 85.5 Å². The standard InChI is InChI=1S/C31H29ClN4O3/c1-35-11-12-36(30(37)17-22-5-8-28(32)9-6-22)13-14-39-29-10-7-24(27-19-33-21-34-20-27)18-26(29)16-23-3-2-4-25(15-23)31(35)38/h2-10,15,18-21H,11-14,16-17H2,1H3. The van der Waals surface area contributed by atoms with Crippen LogP contribution in [0.2, 0.25) is 5.02 Å². The lowest BCUT2D eigenvalue weighted by Crippen LogP contribution is -2.42. The van der Waals surface area contributed by atoms with Crippen molar-refractivity contribution in [2.24, 2.45) is 0 Å². The van der Waals surface area contributed by atoms with Gasteiger partial charge >= 0.3 is 0 Å². The van der Waals surface area contributed by atoms with Gasteiger partial charge in [0.1, 0.15) is 18.7 Å². The zero-order valence-corrected chi connectivity index (χ0v) is 22.5. The Hall–Kier alpha value is -4.23. The van der Waals surface area contributed by atoms with Crippen LogP contribution in [-0.4, -0.2) is 64.9 Å². The van der Waals surface area contributed by atoms with Gasteiger partial charge in [-0.1, -0.05) is 41.9 Å². The SMILES string of the molecule is CN1CCN(C(=O)Cc2ccc(Cl)cc2)CCOc2ccc(-c3cncnc3)cc2Cc2cccc(c2)C1=O. The van der Waals surface area contributed by atoms with Gasteiger partial charge in [0, 0.05) is 55.1 Å². The van der Waals surface area contributed by atoms with Crippen LogP contribution < -0.4 is 4.74 Å². The molecule has 1 aliphatic rings. The van der Waals surface area contributed by atoms with Crippen LogP contribution in [0, 0.1) is 0 Å². The minimum atomic E-state index is -0.0781. The number of fused-ring (bicyclic) bond motifs is 3. The Kier molecular flexibility index (Phi) is 8.18. The molecule has 2 heterocycles. The van der Waals surface area contributed by atoms with E-state index in [2.05, 4.69) is 16.0 Å². The lowest BCUT2D eigenvalue weighted by atomic mass is 9.98. The molecule has 198 valence electrons. The lowest BCUT2D eigenvalue weighted by Gasteiger charge is -2.27. The number of carbonyl (C=O) groups is 2. The Morgan fingerprint density at radius 1 is 0.923 bits per heavy atom. The molecular formula is C31H29ClN4O3. The molecule has 2 amide bonds. The molecule has 4 aromatic rings. The van der Waals surface area contributed by atoms with Gasteiger partial charge in [-0.25, -0.2) is 9.97 Å². The molecule has 0 aliphatic carbocycles. The summed E-state index contributed by atoms with van der Waals surface area (Å²) in [4.78, 5) is 38.2. The molecule has 0 atom stereocenters. The van der Waals surface area contributed by atoms with E-state index in [-0.39, 0.29) is 18.2 Å². The van der Waals surface area contributed by atoms with Crippen molar-refractivity contribution in [3.8, 4) is 16.9 Å². The monoisotopic (exact) mass is 540 g/mol. The van der Waals surface area contributed by atoms with Gasteiger partial charge < -0.3 is 14.5 Å². The summed E-state index contributed by atoms with van der Waals surface area (Å²) in [6.07, 6.45) is 5.89. The molecular weight excluding hydrogens is 512 g/mol. The maximum atomic E-state index is 13.3. The van der Waals surface area contributed by atoms with E-state index in [1.807, 2.05) is 48.5 Å². The Balaban J connectivity index is 1.44. The summed E-state index contributed by atoms with van der Waals surface area (Å²) in [7, 11) is 1.77. The number of rotatable bonds is 3. The fraction of sp³-hybridized carbons (Fsp3) is 0.226. The average Bonchev–Trinajstić information content (AvgIpc) is 2.96. The summed E-state index contributed by atoms with van der Waals surface area (Å²) < 4.78 is 6.27. The van der Waals surface area contributed by atoms with Crippen molar-refractivity contribution in [2.45, 2.75) is 12.8 Å². The minimum Gasteiger partial charge on any atom is -0.491 e. The highest BCUT2D eigenvalue weighted by molar-refractivity contribution is 6.30. The molecule has 0 fully saturated rings.